The minimum Gasteiger partial charge on any atom is -0.481 e. The molecule has 0 aromatic rings. The van der Waals surface area contributed by atoms with Crippen molar-refractivity contribution in [3.05, 3.63) is 0 Å². The van der Waals surface area contributed by atoms with Crippen LogP contribution in [0.25, 0.3) is 0 Å². The zero-order chi connectivity index (χ0) is 14.5. The third kappa shape index (κ3) is 6.05. The Kier molecular flexibility index (Phi) is 5.79. The van der Waals surface area contributed by atoms with Crippen LogP contribution in [0.15, 0.2) is 0 Å². The van der Waals surface area contributed by atoms with Gasteiger partial charge in [-0.05, 0) is 24.7 Å². The van der Waals surface area contributed by atoms with E-state index in [9.17, 15) is 9.59 Å². The van der Waals surface area contributed by atoms with Gasteiger partial charge in [0.25, 0.3) is 0 Å². The van der Waals surface area contributed by atoms with Crippen LogP contribution in [0.2, 0.25) is 0 Å². The smallest absolute Gasteiger partial charge is 0.306 e. The molecule has 0 aromatic heterocycles. The van der Waals surface area contributed by atoms with Crippen LogP contribution in [-0.2, 0) is 14.3 Å². The van der Waals surface area contributed by atoms with Crippen LogP contribution in [0.3, 0.4) is 0 Å². The summed E-state index contributed by atoms with van der Waals surface area (Å²) in [5.74, 6) is -1.09. The molecule has 0 radical (unpaired) electrons. The van der Waals surface area contributed by atoms with Crippen LogP contribution in [0, 0.1) is 11.3 Å². The highest BCUT2D eigenvalue weighted by molar-refractivity contribution is 5.78. The summed E-state index contributed by atoms with van der Waals surface area (Å²) in [6.45, 7) is 8.14. The molecule has 0 aromatic carbocycles. The average Bonchev–Trinajstić information content (AvgIpc) is 2.33. The molecule has 0 atom stereocenters. The summed E-state index contributed by atoms with van der Waals surface area (Å²) in [5.41, 5.74) is 0.211. The normalized spacial score (nSPS) is 17.5. The summed E-state index contributed by atoms with van der Waals surface area (Å²) in [6, 6.07) is 0. The summed E-state index contributed by atoms with van der Waals surface area (Å²) >= 11 is 0. The number of ether oxygens (including phenoxy) is 1. The number of rotatable bonds is 5. The highest BCUT2D eigenvalue weighted by atomic mass is 16.5. The van der Waals surface area contributed by atoms with Crippen LogP contribution in [-0.4, -0.2) is 48.2 Å². The summed E-state index contributed by atoms with van der Waals surface area (Å²) in [7, 11) is 0. The van der Waals surface area contributed by atoms with E-state index in [4.69, 9.17) is 9.84 Å². The number of hydrogen-bond donors (Lipinski definition) is 1. The van der Waals surface area contributed by atoms with Crippen LogP contribution in [0.4, 0.5) is 0 Å². The number of aliphatic carboxylic acids is 1. The first-order valence-corrected chi connectivity index (χ1v) is 6.88. The summed E-state index contributed by atoms with van der Waals surface area (Å²) in [4.78, 5) is 24.4. The van der Waals surface area contributed by atoms with Gasteiger partial charge in [-0.2, -0.15) is 0 Å². The van der Waals surface area contributed by atoms with Gasteiger partial charge >= 0.3 is 5.97 Å². The quantitative estimate of drug-likeness (QED) is 0.774. The van der Waals surface area contributed by atoms with Gasteiger partial charge in [-0.3, -0.25) is 9.59 Å². The third-order valence-corrected chi connectivity index (χ3v) is 3.42. The lowest BCUT2D eigenvalue weighted by molar-refractivity contribution is -0.146. The van der Waals surface area contributed by atoms with Crippen LogP contribution in [0.1, 0.15) is 40.0 Å². The first-order valence-electron chi connectivity index (χ1n) is 6.88. The van der Waals surface area contributed by atoms with Crippen molar-refractivity contribution in [1.82, 2.24) is 4.90 Å². The molecule has 1 amide bonds. The Hall–Kier alpha value is -1.10. The van der Waals surface area contributed by atoms with Gasteiger partial charge in [-0.1, -0.05) is 20.8 Å². The molecule has 5 heteroatoms. The van der Waals surface area contributed by atoms with Crippen LogP contribution in [0.5, 0.6) is 0 Å². The van der Waals surface area contributed by atoms with E-state index in [1.54, 1.807) is 4.90 Å². The van der Waals surface area contributed by atoms with Gasteiger partial charge in [-0.15, -0.1) is 0 Å². The summed E-state index contributed by atoms with van der Waals surface area (Å²) in [6.07, 6.45) is 2.01. The van der Waals surface area contributed by atoms with Crippen molar-refractivity contribution < 1.29 is 19.4 Å². The molecule has 1 aliphatic rings. The first-order chi connectivity index (χ1) is 8.79. The van der Waals surface area contributed by atoms with Gasteiger partial charge in [0.05, 0.1) is 5.92 Å². The number of amides is 1. The van der Waals surface area contributed by atoms with Crippen LogP contribution < -0.4 is 0 Å². The Bertz CT molecular complexity index is 314. The van der Waals surface area contributed by atoms with E-state index >= 15 is 0 Å². The van der Waals surface area contributed by atoms with Crippen LogP contribution >= 0.6 is 0 Å². The standard InChI is InChI=1S/C14H25NO4/c1-14(2,3)6-9-19-10-12(16)15-7-4-11(5-8-15)13(17)18/h11H,4-10H2,1-3H3,(H,17,18). The maximum Gasteiger partial charge on any atom is 0.306 e. The molecule has 0 bridgehead atoms. The predicted molar refractivity (Wildman–Crippen MR) is 71.8 cm³/mol. The molecule has 1 heterocycles. The zero-order valence-corrected chi connectivity index (χ0v) is 12.1. The molecule has 1 saturated heterocycles. The molecular weight excluding hydrogens is 246 g/mol. The number of hydrogen-bond acceptors (Lipinski definition) is 3. The largest absolute Gasteiger partial charge is 0.481 e. The lowest BCUT2D eigenvalue weighted by Crippen LogP contribution is -2.42. The molecule has 1 rings (SSSR count). The van der Waals surface area contributed by atoms with Crippen molar-refractivity contribution in [1.29, 1.82) is 0 Å². The van der Waals surface area contributed by atoms with Crippen molar-refractivity contribution in [3.8, 4) is 0 Å². The van der Waals surface area contributed by atoms with E-state index in [0.717, 1.165) is 6.42 Å². The van der Waals surface area contributed by atoms with Crippen molar-refractivity contribution in [2.75, 3.05) is 26.3 Å². The van der Waals surface area contributed by atoms with E-state index < -0.39 is 5.97 Å². The summed E-state index contributed by atoms with van der Waals surface area (Å²) < 4.78 is 5.39. The molecular formula is C14H25NO4. The molecule has 0 saturated carbocycles. The number of likely N-dealkylation sites (tertiary alicyclic amines) is 1. The van der Waals surface area contributed by atoms with Gasteiger partial charge in [0.1, 0.15) is 6.61 Å². The Morgan fingerprint density at radius 3 is 2.32 bits per heavy atom. The monoisotopic (exact) mass is 271 g/mol. The molecule has 0 unspecified atom stereocenters. The highest BCUT2D eigenvalue weighted by Crippen LogP contribution is 2.19. The number of carboxylic acid groups (broad SMARTS) is 1. The van der Waals surface area contributed by atoms with Gasteiger partial charge in [-0.25, -0.2) is 0 Å². The van der Waals surface area contributed by atoms with E-state index in [1.165, 1.54) is 0 Å². The average molecular weight is 271 g/mol. The molecule has 0 spiro atoms. The van der Waals surface area contributed by atoms with Crippen molar-refractivity contribution in [3.63, 3.8) is 0 Å². The second kappa shape index (κ2) is 6.89. The molecule has 1 fully saturated rings. The van der Waals surface area contributed by atoms with Gasteiger partial charge < -0.3 is 14.7 Å². The van der Waals surface area contributed by atoms with E-state index in [-0.39, 0.29) is 23.8 Å². The number of piperidine rings is 1. The van der Waals surface area contributed by atoms with Gasteiger partial charge in [0.2, 0.25) is 5.91 Å². The van der Waals surface area contributed by atoms with E-state index in [2.05, 4.69) is 20.8 Å². The number of nitrogens with zero attached hydrogens (tertiary/aromatic N) is 1. The highest BCUT2D eigenvalue weighted by Gasteiger charge is 2.26. The maximum absolute atomic E-state index is 11.9. The number of carbonyl (C=O) groups excluding carboxylic acids is 1. The SMILES string of the molecule is CC(C)(C)CCOCC(=O)N1CCC(C(=O)O)CC1. The zero-order valence-electron chi connectivity index (χ0n) is 12.1. The van der Waals surface area contributed by atoms with Crippen molar-refractivity contribution in [2.24, 2.45) is 11.3 Å². The second-order valence-corrected chi connectivity index (χ2v) is 6.36. The lowest BCUT2D eigenvalue weighted by atomic mass is 9.93. The van der Waals surface area contributed by atoms with Crippen molar-refractivity contribution >= 4 is 11.9 Å². The minimum absolute atomic E-state index is 0.0299. The molecule has 1 aliphatic heterocycles. The lowest BCUT2D eigenvalue weighted by Gasteiger charge is -2.30. The second-order valence-electron chi connectivity index (χ2n) is 6.36. The van der Waals surface area contributed by atoms with Gasteiger partial charge in [0, 0.05) is 19.7 Å². The Morgan fingerprint density at radius 2 is 1.84 bits per heavy atom. The molecule has 5 nitrogen and oxygen atoms in total. The fourth-order valence-electron chi connectivity index (χ4n) is 2.00. The Morgan fingerprint density at radius 1 is 1.26 bits per heavy atom. The molecule has 1 N–H and O–H groups in total. The fraction of sp³-hybridized carbons (Fsp3) is 0.857. The van der Waals surface area contributed by atoms with E-state index in [1.807, 2.05) is 0 Å². The van der Waals surface area contributed by atoms with Crippen molar-refractivity contribution in [2.45, 2.75) is 40.0 Å². The first kappa shape index (κ1) is 16.0. The molecule has 0 aliphatic carbocycles. The number of carbonyl (C=O) groups is 2. The Balaban J connectivity index is 2.19. The van der Waals surface area contributed by atoms with Gasteiger partial charge in [0.15, 0.2) is 0 Å². The topological polar surface area (TPSA) is 66.8 Å². The maximum atomic E-state index is 11.9. The predicted octanol–water partition coefficient (Wildman–Crippen LogP) is 1.76. The number of carboxylic acids is 1. The summed E-state index contributed by atoms with van der Waals surface area (Å²) in [5, 5.41) is 8.88. The minimum atomic E-state index is -0.756. The Labute approximate surface area is 114 Å². The molecule has 110 valence electrons. The third-order valence-electron chi connectivity index (χ3n) is 3.42. The molecule has 19 heavy (non-hydrogen) atoms. The van der Waals surface area contributed by atoms with E-state index in [0.29, 0.717) is 32.5 Å². The fourth-order valence-corrected chi connectivity index (χ4v) is 2.00.